The molecule has 0 saturated heterocycles. The van der Waals surface area contributed by atoms with Crippen molar-refractivity contribution in [2.75, 3.05) is 0 Å². The Morgan fingerprint density at radius 2 is 2.05 bits per heavy atom. The van der Waals surface area contributed by atoms with E-state index in [1.54, 1.807) is 6.20 Å². The number of hydrogen-bond donors (Lipinski definition) is 5. The zero-order chi connectivity index (χ0) is 15.6. The van der Waals surface area contributed by atoms with Gasteiger partial charge in [-0.05, 0) is 18.6 Å². The first-order valence-corrected chi connectivity index (χ1v) is 6.41. The van der Waals surface area contributed by atoms with Gasteiger partial charge >= 0.3 is 11.9 Å². The SMILES string of the molecule is CC(NC(N)(Cc1c[nH]c2ccccc12)C(=O)O)C(=O)O. The minimum absolute atomic E-state index is 0.0377. The van der Waals surface area contributed by atoms with E-state index in [1.165, 1.54) is 6.92 Å². The smallest absolute Gasteiger partial charge is 0.339 e. The van der Waals surface area contributed by atoms with E-state index in [4.69, 9.17) is 10.8 Å². The number of carboxylic acid groups (broad SMARTS) is 2. The predicted molar refractivity (Wildman–Crippen MR) is 76.8 cm³/mol. The molecule has 1 aromatic heterocycles. The molecule has 0 amide bonds. The van der Waals surface area contributed by atoms with Gasteiger partial charge in [-0.25, -0.2) is 4.79 Å². The van der Waals surface area contributed by atoms with Crippen molar-refractivity contribution in [1.29, 1.82) is 0 Å². The molecule has 112 valence electrons. The Labute approximate surface area is 120 Å². The first-order chi connectivity index (χ1) is 9.83. The maximum atomic E-state index is 11.5. The lowest BCUT2D eigenvalue weighted by atomic mass is 9.99. The van der Waals surface area contributed by atoms with Gasteiger partial charge in [-0.15, -0.1) is 0 Å². The average molecular weight is 291 g/mol. The first kappa shape index (κ1) is 15.0. The predicted octanol–water partition coefficient (Wildman–Crippen LogP) is 0.513. The van der Waals surface area contributed by atoms with Crippen LogP contribution in [0.4, 0.5) is 0 Å². The highest BCUT2D eigenvalue weighted by Gasteiger charge is 2.37. The van der Waals surface area contributed by atoms with Gasteiger partial charge in [0, 0.05) is 23.5 Å². The quantitative estimate of drug-likeness (QED) is 0.493. The van der Waals surface area contributed by atoms with Crippen LogP contribution in [0.15, 0.2) is 30.5 Å². The van der Waals surface area contributed by atoms with Crippen LogP contribution in [-0.2, 0) is 16.0 Å². The largest absolute Gasteiger partial charge is 0.480 e. The monoisotopic (exact) mass is 291 g/mol. The molecule has 0 bridgehead atoms. The lowest BCUT2D eigenvalue weighted by Gasteiger charge is -2.28. The van der Waals surface area contributed by atoms with E-state index < -0.39 is 23.6 Å². The highest BCUT2D eigenvalue weighted by atomic mass is 16.4. The molecule has 2 atom stereocenters. The Balaban J connectivity index is 2.31. The zero-order valence-electron chi connectivity index (χ0n) is 11.5. The normalized spacial score (nSPS) is 15.5. The van der Waals surface area contributed by atoms with E-state index in [-0.39, 0.29) is 6.42 Å². The van der Waals surface area contributed by atoms with Crippen molar-refractivity contribution in [1.82, 2.24) is 10.3 Å². The van der Waals surface area contributed by atoms with Gasteiger partial charge in [-0.2, -0.15) is 0 Å². The number of rotatable bonds is 6. The van der Waals surface area contributed by atoms with Gasteiger partial charge in [0.25, 0.3) is 0 Å². The Hall–Kier alpha value is -2.38. The number of aliphatic carboxylic acids is 2. The summed E-state index contributed by atoms with van der Waals surface area (Å²) < 4.78 is 0. The fourth-order valence-electron chi connectivity index (χ4n) is 2.21. The fraction of sp³-hybridized carbons (Fsp3) is 0.286. The summed E-state index contributed by atoms with van der Waals surface area (Å²) in [4.78, 5) is 25.4. The van der Waals surface area contributed by atoms with E-state index in [1.807, 2.05) is 24.3 Å². The van der Waals surface area contributed by atoms with E-state index in [2.05, 4.69) is 10.3 Å². The highest BCUT2D eigenvalue weighted by molar-refractivity contribution is 5.86. The molecule has 0 aliphatic rings. The number of para-hydroxylation sites is 1. The summed E-state index contributed by atoms with van der Waals surface area (Å²) in [6, 6.07) is 6.35. The van der Waals surface area contributed by atoms with Crippen molar-refractivity contribution in [3.63, 3.8) is 0 Å². The maximum absolute atomic E-state index is 11.5. The summed E-state index contributed by atoms with van der Waals surface area (Å²) in [5, 5.41) is 21.6. The van der Waals surface area contributed by atoms with E-state index in [9.17, 15) is 14.7 Å². The van der Waals surface area contributed by atoms with Crippen LogP contribution in [0.25, 0.3) is 10.9 Å². The minimum Gasteiger partial charge on any atom is -0.480 e. The highest BCUT2D eigenvalue weighted by Crippen LogP contribution is 2.21. The van der Waals surface area contributed by atoms with Crippen LogP contribution in [0, 0.1) is 0 Å². The van der Waals surface area contributed by atoms with Crippen LogP contribution in [0.5, 0.6) is 0 Å². The lowest BCUT2D eigenvalue weighted by Crippen LogP contribution is -2.64. The van der Waals surface area contributed by atoms with Gasteiger partial charge in [0.2, 0.25) is 0 Å². The van der Waals surface area contributed by atoms with Crippen molar-refractivity contribution in [2.45, 2.75) is 25.0 Å². The maximum Gasteiger partial charge on any atom is 0.339 e. The van der Waals surface area contributed by atoms with Crippen molar-refractivity contribution in [3.05, 3.63) is 36.0 Å². The lowest BCUT2D eigenvalue weighted by molar-refractivity contribution is -0.147. The van der Waals surface area contributed by atoms with Crippen LogP contribution >= 0.6 is 0 Å². The number of carbonyl (C=O) groups is 2. The number of nitrogens with two attached hydrogens (primary N) is 1. The molecule has 2 aromatic rings. The number of hydrogen-bond acceptors (Lipinski definition) is 4. The summed E-state index contributed by atoms with van der Waals surface area (Å²) in [6.07, 6.45) is 1.65. The molecule has 1 aromatic carbocycles. The average Bonchev–Trinajstić information content (AvgIpc) is 2.81. The van der Waals surface area contributed by atoms with E-state index in [0.717, 1.165) is 10.9 Å². The molecule has 2 rings (SSSR count). The molecule has 0 fully saturated rings. The second-order valence-electron chi connectivity index (χ2n) is 5.02. The fourth-order valence-corrected chi connectivity index (χ4v) is 2.21. The molecule has 6 N–H and O–H groups in total. The van der Waals surface area contributed by atoms with Crippen molar-refractivity contribution >= 4 is 22.8 Å². The number of nitrogens with one attached hydrogen (secondary N) is 2. The summed E-state index contributed by atoms with van der Waals surface area (Å²) in [5.41, 5.74) is 5.59. The van der Waals surface area contributed by atoms with Gasteiger partial charge in [-0.3, -0.25) is 10.1 Å². The number of aromatic nitrogens is 1. The second-order valence-corrected chi connectivity index (χ2v) is 5.02. The Morgan fingerprint density at radius 3 is 2.67 bits per heavy atom. The third kappa shape index (κ3) is 3.04. The van der Waals surface area contributed by atoms with Gasteiger partial charge in [-0.1, -0.05) is 18.2 Å². The van der Waals surface area contributed by atoms with E-state index in [0.29, 0.717) is 5.56 Å². The molecule has 0 aliphatic heterocycles. The molecule has 7 heteroatoms. The number of benzene rings is 1. The van der Waals surface area contributed by atoms with Crippen LogP contribution < -0.4 is 11.1 Å². The summed E-state index contributed by atoms with van der Waals surface area (Å²) in [5.74, 6) is -2.47. The van der Waals surface area contributed by atoms with Crippen LogP contribution in [0.2, 0.25) is 0 Å². The molecule has 0 saturated carbocycles. The molecule has 0 aliphatic carbocycles. The standard InChI is InChI=1S/C14H17N3O4/c1-8(12(18)19)17-14(15,13(20)21)6-9-7-16-11-5-3-2-4-10(9)11/h2-5,7-8,16-17H,6,15H2,1H3,(H,18,19)(H,20,21). The number of aromatic amines is 1. The van der Waals surface area contributed by atoms with Crippen molar-refractivity contribution < 1.29 is 19.8 Å². The van der Waals surface area contributed by atoms with Crippen LogP contribution in [0.1, 0.15) is 12.5 Å². The topological polar surface area (TPSA) is 128 Å². The Kier molecular flexibility index (Phi) is 3.97. The summed E-state index contributed by atoms with van der Waals surface area (Å²) in [7, 11) is 0. The van der Waals surface area contributed by atoms with Gasteiger partial charge in [0.1, 0.15) is 6.04 Å². The molecule has 2 unspecified atom stereocenters. The molecular weight excluding hydrogens is 274 g/mol. The van der Waals surface area contributed by atoms with Crippen molar-refractivity contribution in [2.24, 2.45) is 5.73 Å². The molecule has 1 heterocycles. The number of carboxylic acids is 2. The first-order valence-electron chi connectivity index (χ1n) is 6.41. The van der Waals surface area contributed by atoms with Crippen LogP contribution in [0.3, 0.4) is 0 Å². The zero-order valence-corrected chi connectivity index (χ0v) is 11.5. The molecule has 0 radical (unpaired) electrons. The van der Waals surface area contributed by atoms with Gasteiger partial charge in [0.15, 0.2) is 5.66 Å². The Bertz CT molecular complexity index is 682. The van der Waals surface area contributed by atoms with E-state index >= 15 is 0 Å². The molecule has 21 heavy (non-hydrogen) atoms. The second kappa shape index (κ2) is 5.55. The number of fused-ring (bicyclic) bond motifs is 1. The van der Waals surface area contributed by atoms with Crippen molar-refractivity contribution in [3.8, 4) is 0 Å². The summed E-state index contributed by atoms with van der Waals surface area (Å²) in [6.45, 7) is 1.35. The Morgan fingerprint density at radius 1 is 1.38 bits per heavy atom. The molecule has 0 spiro atoms. The van der Waals surface area contributed by atoms with Gasteiger partial charge in [0.05, 0.1) is 0 Å². The third-order valence-electron chi connectivity index (χ3n) is 3.37. The summed E-state index contributed by atoms with van der Waals surface area (Å²) >= 11 is 0. The molecule has 7 nitrogen and oxygen atoms in total. The van der Waals surface area contributed by atoms with Gasteiger partial charge < -0.3 is 20.9 Å². The molecular formula is C14H17N3O4. The number of H-pyrrole nitrogens is 1. The minimum atomic E-state index is -1.86. The third-order valence-corrected chi connectivity index (χ3v) is 3.37. The van der Waals surface area contributed by atoms with Crippen LogP contribution in [-0.4, -0.2) is 38.8 Å².